The highest BCUT2D eigenvalue weighted by atomic mass is 32.2. The number of hydrogen-bond acceptors (Lipinski definition) is 5. The second-order valence-corrected chi connectivity index (χ2v) is 8.90. The molecule has 4 nitrogen and oxygen atoms in total. The molecule has 0 unspecified atom stereocenters. The van der Waals surface area contributed by atoms with Crippen LogP contribution in [0.2, 0.25) is 0 Å². The largest absolute Gasteiger partial charge is 0.354 e. The van der Waals surface area contributed by atoms with Gasteiger partial charge in [0.25, 0.3) is 0 Å². The lowest BCUT2D eigenvalue weighted by atomic mass is 10.0. The highest BCUT2D eigenvalue weighted by Gasteiger charge is 2.19. The SMILES string of the molecule is CCSNCCc1ccc(-c2cc3ccccc3c(N3CCN(CC)CC3)n2)cc1. The van der Waals surface area contributed by atoms with E-state index in [-0.39, 0.29) is 0 Å². The molecule has 4 rings (SSSR count). The van der Waals surface area contributed by atoms with E-state index < -0.39 is 0 Å². The van der Waals surface area contributed by atoms with Crippen LogP contribution in [-0.2, 0) is 6.42 Å². The number of aromatic nitrogens is 1. The molecule has 0 amide bonds. The molecule has 1 aliphatic heterocycles. The summed E-state index contributed by atoms with van der Waals surface area (Å²) in [5.74, 6) is 2.23. The first-order valence-corrected chi connectivity index (χ1v) is 12.1. The summed E-state index contributed by atoms with van der Waals surface area (Å²) in [7, 11) is 0. The van der Waals surface area contributed by atoms with Crippen molar-refractivity contribution in [3.63, 3.8) is 0 Å². The second kappa shape index (κ2) is 10.3. The average Bonchev–Trinajstić information content (AvgIpc) is 2.81. The van der Waals surface area contributed by atoms with Gasteiger partial charge in [-0.2, -0.15) is 0 Å². The fraction of sp³-hybridized carbons (Fsp3) is 0.400. The van der Waals surface area contributed by atoms with Crippen molar-refractivity contribution in [1.82, 2.24) is 14.6 Å². The molecule has 0 saturated carbocycles. The third-order valence-corrected chi connectivity index (χ3v) is 6.55. The molecule has 2 aromatic carbocycles. The van der Waals surface area contributed by atoms with Gasteiger partial charge in [0.1, 0.15) is 5.82 Å². The Morgan fingerprint density at radius 3 is 2.47 bits per heavy atom. The predicted molar refractivity (Wildman–Crippen MR) is 131 cm³/mol. The van der Waals surface area contributed by atoms with Gasteiger partial charge >= 0.3 is 0 Å². The molecule has 0 bridgehead atoms. The zero-order chi connectivity index (χ0) is 20.8. The maximum Gasteiger partial charge on any atom is 0.137 e. The van der Waals surface area contributed by atoms with Gasteiger partial charge in [0.2, 0.25) is 0 Å². The quantitative estimate of drug-likeness (QED) is 0.416. The van der Waals surface area contributed by atoms with Crippen LogP contribution in [0.15, 0.2) is 54.6 Å². The van der Waals surface area contributed by atoms with Gasteiger partial charge in [-0.05, 0) is 30.0 Å². The number of likely N-dealkylation sites (N-methyl/N-ethyl adjacent to an activating group) is 1. The Labute approximate surface area is 184 Å². The molecule has 1 aliphatic rings. The van der Waals surface area contributed by atoms with Gasteiger partial charge in [0, 0.05) is 49.4 Å². The minimum atomic E-state index is 1.000. The van der Waals surface area contributed by atoms with Crippen LogP contribution in [0.3, 0.4) is 0 Å². The van der Waals surface area contributed by atoms with Crippen molar-refractivity contribution in [2.24, 2.45) is 0 Å². The summed E-state index contributed by atoms with van der Waals surface area (Å²) in [4.78, 5) is 10.1. The minimum Gasteiger partial charge on any atom is -0.354 e. The number of pyridine rings is 1. The first-order chi connectivity index (χ1) is 14.8. The van der Waals surface area contributed by atoms with Crippen LogP contribution in [-0.4, -0.2) is 54.9 Å². The number of fused-ring (bicyclic) bond motifs is 1. The molecule has 0 aliphatic carbocycles. The second-order valence-electron chi connectivity index (χ2n) is 7.75. The Hall–Kier alpha value is -2.08. The van der Waals surface area contributed by atoms with E-state index in [0.29, 0.717) is 0 Å². The molecule has 30 heavy (non-hydrogen) atoms. The number of piperazine rings is 1. The normalized spacial score (nSPS) is 15.1. The maximum absolute atomic E-state index is 5.15. The Balaban J connectivity index is 1.59. The molecular formula is C25H32N4S. The third kappa shape index (κ3) is 4.97. The van der Waals surface area contributed by atoms with Gasteiger partial charge in [-0.1, -0.05) is 74.3 Å². The van der Waals surface area contributed by atoms with Crippen molar-refractivity contribution in [2.75, 3.05) is 49.9 Å². The van der Waals surface area contributed by atoms with Crippen LogP contribution in [0.4, 0.5) is 5.82 Å². The number of anilines is 1. The number of nitrogens with zero attached hydrogens (tertiary/aromatic N) is 3. The molecule has 158 valence electrons. The van der Waals surface area contributed by atoms with Crippen molar-refractivity contribution in [3.05, 3.63) is 60.2 Å². The van der Waals surface area contributed by atoms with Crippen molar-refractivity contribution in [3.8, 4) is 11.3 Å². The highest BCUT2D eigenvalue weighted by Crippen LogP contribution is 2.30. The van der Waals surface area contributed by atoms with Crippen molar-refractivity contribution in [1.29, 1.82) is 0 Å². The van der Waals surface area contributed by atoms with Crippen LogP contribution in [0, 0.1) is 0 Å². The van der Waals surface area contributed by atoms with Crippen LogP contribution < -0.4 is 9.62 Å². The molecule has 1 N–H and O–H groups in total. The van der Waals surface area contributed by atoms with E-state index in [2.05, 4.69) is 83.0 Å². The summed E-state index contributed by atoms with van der Waals surface area (Å²) in [6.45, 7) is 10.8. The van der Waals surface area contributed by atoms with Crippen molar-refractivity contribution in [2.45, 2.75) is 20.3 Å². The van der Waals surface area contributed by atoms with Crippen molar-refractivity contribution < 1.29 is 0 Å². The molecule has 2 heterocycles. The van der Waals surface area contributed by atoms with Gasteiger partial charge in [-0.15, -0.1) is 0 Å². The molecule has 0 radical (unpaired) electrons. The third-order valence-electron chi connectivity index (χ3n) is 5.85. The van der Waals surface area contributed by atoms with E-state index in [4.69, 9.17) is 4.98 Å². The smallest absolute Gasteiger partial charge is 0.137 e. The first kappa shape index (κ1) is 21.2. The summed E-state index contributed by atoms with van der Waals surface area (Å²) in [6.07, 6.45) is 1.05. The Morgan fingerprint density at radius 2 is 1.73 bits per heavy atom. The van der Waals surface area contributed by atoms with Gasteiger partial charge in [-0.25, -0.2) is 4.98 Å². The summed E-state index contributed by atoms with van der Waals surface area (Å²) in [5, 5.41) is 2.52. The molecule has 1 fully saturated rings. The van der Waals surface area contributed by atoms with Gasteiger partial charge in [-0.3, -0.25) is 4.72 Å². The van der Waals surface area contributed by atoms with E-state index in [0.717, 1.165) is 63.0 Å². The number of benzene rings is 2. The number of rotatable bonds is 8. The number of hydrogen-bond donors (Lipinski definition) is 1. The fourth-order valence-electron chi connectivity index (χ4n) is 4.06. The zero-order valence-corrected chi connectivity index (χ0v) is 18.9. The lowest BCUT2D eigenvalue weighted by molar-refractivity contribution is 0.271. The Kier molecular flexibility index (Phi) is 7.26. The van der Waals surface area contributed by atoms with Crippen LogP contribution in [0.5, 0.6) is 0 Å². The standard InChI is InChI=1S/C25H32N4S/c1-3-28-15-17-29(18-16-28)25-23-8-6-5-7-22(23)19-24(27-25)21-11-9-20(10-12-21)13-14-26-30-4-2/h5-12,19,26H,3-4,13-18H2,1-2H3. The number of nitrogens with one attached hydrogen (secondary N) is 1. The van der Waals surface area contributed by atoms with E-state index in [1.165, 1.54) is 21.9 Å². The Morgan fingerprint density at radius 1 is 0.967 bits per heavy atom. The van der Waals surface area contributed by atoms with E-state index in [1.54, 1.807) is 11.9 Å². The van der Waals surface area contributed by atoms with Crippen LogP contribution >= 0.6 is 11.9 Å². The molecular weight excluding hydrogens is 388 g/mol. The summed E-state index contributed by atoms with van der Waals surface area (Å²) in [5.41, 5.74) is 3.61. The topological polar surface area (TPSA) is 31.4 Å². The molecule has 1 aromatic heterocycles. The fourth-order valence-corrected chi connectivity index (χ4v) is 4.51. The highest BCUT2D eigenvalue weighted by molar-refractivity contribution is 7.97. The molecule has 1 saturated heterocycles. The molecule has 5 heteroatoms. The average molecular weight is 421 g/mol. The summed E-state index contributed by atoms with van der Waals surface area (Å²) < 4.78 is 3.40. The minimum absolute atomic E-state index is 1.000. The van der Waals surface area contributed by atoms with Gasteiger partial charge in [0.15, 0.2) is 0 Å². The lowest BCUT2D eigenvalue weighted by Crippen LogP contribution is -2.46. The van der Waals surface area contributed by atoms with Crippen LogP contribution in [0.25, 0.3) is 22.0 Å². The summed E-state index contributed by atoms with van der Waals surface area (Å²) in [6, 6.07) is 19.8. The van der Waals surface area contributed by atoms with Gasteiger partial charge < -0.3 is 9.80 Å². The van der Waals surface area contributed by atoms with Gasteiger partial charge in [0.05, 0.1) is 5.69 Å². The summed E-state index contributed by atoms with van der Waals surface area (Å²) >= 11 is 1.78. The monoisotopic (exact) mass is 420 g/mol. The molecule has 3 aromatic rings. The lowest BCUT2D eigenvalue weighted by Gasteiger charge is -2.35. The first-order valence-electron chi connectivity index (χ1n) is 11.1. The zero-order valence-electron chi connectivity index (χ0n) is 18.1. The maximum atomic E-state index is 5.15. The Bertz CT molecular complexity index is 949. The predicted octanol–water partition coefficient (Wildman–Crippen LogP) is 4.84. The van der Waals surface area contributed by atoms with Crippen LogP contribution in [0.1, 0.15) is 19.4 Å². The molecule has 0 atom stereocenters. The van der Waals surface area contributed by atoms with E-state index in [9.17, 15) is 0 Å². The van der Waals surface area contributed by atoms with E-state index >= 15 is 0 Å². The van der Waals surface area contributed by atoms with E-state index in [1.807, 2.05) is 0 Å². The molecule has 0 spiro atoms. The van der Waals surface area contributed by atoms with Crippen molar-refractivity contribution >= 4 is 28.5 Å².